The zero-order valence-corrected chi connectivity index (χ0v) is 14.3. The summed E-state index contributed by atoms with van der Waals surface area (Å²) in [7, 11) is 1.98. The Morgan fingerprint density at radius 3 is 2.83 bits per heavy atom. The van der Waals surface area contributed by atoms with Crippen LogP contribution in [0.1, 0.15) is 42.1 Å². The Morgan fingerprint density at radius 1 is 1.21 bits per heavy atom. The Labute approximate surface area is 142 Å². The van der Waals surface area contributed by atoms with Crippen LogP contribution in [0.15, 0.2) is 30.5 Å². The van der Waals surface area contributed by atoms with Crippen LogP contribution in [-0.2, 0) is 18.3 Å². The van der Waals surface area contributed by atoms with Gasteiger partial charge in [0.15, 0.2) is 0 Å². The molecule has 3 heterocycles. The maximum Gasteiger partial charge on any atom is 0.241 e. The third-order valence-corrected chi connectivity index (χ3v) is 5.59. The summed E-state index contributed by atoms with van der Waals surface area (Å²) < 4.78 is 1.93. The molecule has 1 aromatic carbocycles. The smallest absolute Gasteiger partial charge is 0.241 e. The maximum atomic E-state index is 12.9. The van der Waals surface area contributed by atoms with Gasteiger partial charge in [0.25, 0.3) is 0 Å². The summed E-state index contributed by atoms with van der Waals surface area (Å²) in [6, 6.07) is 8.38. The highest BCUT2D eigenvalue weighted by Crippen LogP contribution is 2.37. The molecule has 1 amide bonds. The Morgan fingerprint density at radius 2 is 2.04 bits per heavy atom. The lowest BCUT2D eigenvalue weighted by Gasteiger charge is -2.31. The van der Waals surface area contributed by atoms with Gasteiger partial charge in [-0.15, -0.1) is 0 Å². The topological polar surface area (TPSA) is 50.2 Å². The van der Waals surface area contributed by atoms with E-state index in [2.05, 4.69) is 28.3 Å². The first kappa shape index (κ1) is 15.4. The largest absolute Gasteiger partial charge is 0.324 e. The number of likely N-dealkylation sites (tertiary alicyclic amines) is 1. The standard InChI is InChI=1S/C19H24N4O/c1-13-15(12-20-22(13)2)17-8-5-11-23(17)18-10-9-14-6-3-4-7-16(14)21-19(18)24/h3-4,6-7,12,17-18H,5,8-11H2,1-2H3,(H,21,24)/t17-,18-/m0/s1. The fraction of sp³-hybridized carbons (Fsp3) is 0.474. The Kier molecular flexibility index (Phi) is 3.88. The molecule has 2 aliphatic rings. The summed E-state index contributed by atoms with van der Waals surface area (Å²) in [5.74, 6) is 0.133. The lowest BCUT2D eigenvalue weighted by molar-refractivity contribution is -0.121. The maximum absolute atomic E-state index is 12.9. The van der Waals surface area contributed by atoms with E-state index in [1.807, 2.05) is 36.1 Å². The summed E-state index contributed by atoms with van der Waals surface area (Å²) in [4.78, 5) is 15.3. The number of aryl methyl sites for hydroxylation is 2. The number of hydrogen-bond acceptors (Lipinski definition) is 3. The molecule has 0 aliphatic carbocycles. The van der Waals surface area contributed by atoms with Crippen molar-refractivity contribution in [3.05, 3.63) is 47.3 Å². The number of amides is 1. The number of para-hydroxylation sites is 1. The molecule has 1 N–H and O–H groups in total. The number of fused-ring (bicyclic) bond motifs is 1. The molecule has 1 fully saturated rings. The van der Waals surface area contributed by atoms with Crippen molar-refractivity contribution in [2.75, 3.05) is 11.9 Å². The highest BCUT2D eigenvalue weighted by molar-refractivity contribution is 5.96. The van der Waals surface area contributed by atoms with E-state index in [-0.39, 0.29) is 11.9 Å². The van der Waals surface area contributed by atoms with Gasteiger partial charge in [0, 0.05) is 30.0 Å². The van der Waals surface area contributed by atoms with Gasteiger partial charge in [0.1, 0.15) is 0 Å². The minimum atomic E-state index is -0.0653. The fourth-order valence-electron chi connectivity index (χ4n) is 4.15. The molecule has 0 unspecified atom stereocenters. The van der Waals surface area contributed by atoms with E-state index in [0.717, 1.165) is 37.9 Å². The number of benzene rings is 1. The summed E-state index contributed by atoms with van der Waals surface area (Å²) >= 11 is 0. The summed E-state index contributed by atoms with van der Waals surface area (Å²) in [6.45, 7) is 3.09. The van der Waals surface area contributed by atoms with E-state index in [0.29, 0.717) is 6.04 Å². The normalized spacial score (nSPS) is 24.5. The van der Waals surface area contributed by atoms with Crippen LogP contribution in [0, 0.1) is 6.92 Å². The third kappa shape index (κ3) is 2.53. The molecular formula is C19H24N4O. The van der Waals surface area contributed by atoms with Gasteiger partial charge in [-0.2, -0.15) is 5.10 Å². The molecule has 24 heavy (non-hydrogen) atoms. The lowest BCUT2D eigenvalue weighted by atomic mass is 10.0. The minimum Gasteiger partial charge on any atom is -0.324 e. The van der Waals surface area contributed by atoms with E-state index >= 15 is 0 Å². The zero-order chi connectivity index (χ0) is 16.7. The molecular weight excluding hydrogens is 300 g/mol. The predicted octanol–water partition coefficient (Wildman–Crippen LogP) is 2.82. The first-order chi connectivity index (χ1) is 11.6. The quantitative estimate of drug-likeness (QED) is 0.924. The molecule has 2 atom stereocenters. The van der Waals surface area contributed by atoms with Crippen molar-refractivity contribution < 1.29 is 4.79 Å². The summed E-state index contributed by atoms with van der Waals surface area (Å²) in [5, 5.41) is 7.54. The monoisotopic (exact) mass is 324 g/mol. The van der Waals surface area contributed by atoms with Crippen molar-refractivity contribution in [3.8, 4) is 0 Å². The molecule has 0 spiro atoms. The number of nitrogens with zero attached hydrogens (tertiary/aromatic N) is 3. The van der Waals surface area contributed by atoms with Crippen LogP contribution in [0.2, 0.25) is 0 Å². The van der Waals surface area contributed by atoms with Gasteiger partial charge >= 0.3 is 0 Å². The Bertz CT molecular complexity index is 766. The Hall–Kier alpha value is -2.14. The van der Waals surface area contributed by atoms with Gasteiger partial charge < -0.3 is 5.32 Å². The average molecular weight is 324 g/mol. The number of anilines is 1. The van der Waals surface area contributed by atoms with E-state index < -0.39 is 0 Å². The molecule has 2 aromatic rings. The number of carbonyl (C=O) groups is 1. The van der Waals surface area contributed by atoms with Gasteiger partial charge in [-0.3, -0.25) is 14.4 Å². The second-order valence-electron chi connectivity index (χ2n) is 6.91. The van der Waals surface area contributed by atoms with Crippen molar-refractivity contribution in [3.63, 3.8) is 0 Å². The van der Waals surface area contributed by atoms with Crippen LogP contribution in [0.3, 0.4) is 0 Å². The van der Waals surface area contributed by atoms with Crippen molar-refractivity contribution in [2.24, 2.45) is 7.05 Å². The molecule has 5 heteroatoms. The highest BCUT2D eigenvalue weighted by Gasteiger charge is 2.37. The van der Waals surface area contributed by atoms with Gasteiger partial charge in [0.2, 0.25) is 5.91 Å². The molecule has 0 bridgehead atoms. The molecule has 1 saturated heterocycles. The van der Waals surface area contributed by atoms with Gasteiger partial charge in [0.05, 0.1) is 12.2 Å². The average Bonchev–Trinajstić information content (AvgIpc) is 3.12. The second-order valence-corrected chi connectivity index (χ2v) is 6.91. The van der Waals surface area contributed by atoms with E-state index in [9.17, 15) is 4.79 Å². The van der Waals surface area contributed by atoms with Crippen molar-refractivity contribution >= 4 is 11.6 Å². The van der Waals surface area contributed by atoms with Crippen molar-refractivity contribution in [2.45, 2.75) is 44.7 Å². The van der Waals surface area contributed by atoms with E-state index in [1.54, 1.807) is 0 Å². The van der Waals surface area contributed by atoms with Crippen LogP contribution in [0.5, 0.6) is 0 Å². The minimum absolute atomic E-state index is 0.0653. The van der Waals surface area contributed by atoms with Crippen LogP contribution < -0.4 is 5.32 Å². The Balaban J connectivity index is 1.61. The molecule has 5 nitrogen and oxygen atoms in total. The molecule has 2 aliphatic heterocycles. The lowest BCUT2D eigenvalue weighted by Crippen LogP contribution is -2.43. The molecule has 0 radical (unpaired) electrons. The number of aromatic nitrogens is 2. The van der Waals surface area contributed by atoms with Gasteiger partial charge in [-0.05, 0) is 50.8 Å². The predicted molar refractivity (Wildman–Crippen MR) is 93.8 cm³/mol. The molecule has 1 aromatic heterocycles. The first-order valence-corrected chi connectivity index (χ1v) is 8.78. The molecule has 4 rings (SSSR count). The molecule has 126 valence electrons. The van der Waals surface area contributed by atoms with Crippen LogP contribution in [0.4, 0.5) is 5.69 Å². The first-order valence-electron chi connectivity index (χ1n) is 8.78. The second kappa shape index (κ2) is 6.06. The van der Waals surface area contributed by atoms with Crippen molar-refractivity contribution in [1.82, 2.24) is 14.7 Å². The van der Waals surface area contributed by atoms with Crippen molar-refractivity contribution in [1.29, 1.82) is 0 Å². The number of rotatable bonds is 2. The van der Waals surface area contributed by atoms with E-state index in [1.165, 1.54) is 16.8 Å². The van der Waals surface area contributed by atoms with Crippen LogP contribution in [-0.4, -0.2) is 33.2 Å². The van der Waals surface area contributed by atoms with Crippen LogP contribution in [0.25, 0.3) is 0 Å². The third-order valence-electron chi connectivity index (χ3n) is 5.59. The number of carbonyl (C=O) groups excluding carboxylic acids is 1. The molecule has 0 saturated carbocycles. The number of hydrogen-bond donors (Lipinski definition) is 1. The summed E-state index contributed by atoms with van der Waals surface area (Å²) in [6.07, 6.45) is 6.02. The van der Waals surface area contributed by atoms with E-state index in [4.69, 9.17) is 0 Å². The highest BCUT2D eigenvalue weighted by atomic mass is 16.2. The number of nitrogens with one attached hydrogen (secondary N) is 1. The van der Waals surface area contributed by atoms with Gasteiger partial charge in [-0.1, -0.05) is 18.2 Å². The van der Waals surface area contributed by atoms with Crippen LogP contribution >= 0.6 is 0 Å². The zero-order valence-electron chi connectivity index (χ0n) is 14.3. The fourth-order valence-corrected chi connectivity index (χ4v) is 4.15. The SMILES string of the molecule is Cc1c([C@@H]2CCCN2[C@H]2CCc3ccccc3NC2=O)cnn1C. The van der Waals surface area contributed by atoms with Gasteiger partial charge in [-0.25, -0.2) is 0 Å². The summed E-state index contributed by atoms with van der Waals surface area (Å²) in [5.41, 5.74) is 4.67.